The van der Waals surface area contributed by atoms with E-state index >= 15 is 0 Å². The minimum atomic E-state index is -0.570. The zero-order valence-corrected chi connectivity index (χ0v) is 21.3. The monoisotopic (exact) mass is 530 g/mol. The molecular weight excluding hydrogens is 508 g/mol. The van der Waals surface area contributed by atoms with Crippen LogP contribution in [0, 0.1) is 11.8 Å². The van der Waals surface area contributed by atoms with Gasteiger partial charge in [-0.05, 0) is 39.9 Å². The normalized spacial score (nSPS) is 22.8. The Morgan fingerprint density at radius 1 is 0.921 bits per heavy atom. The summed E-state index contributed by atoms with van der Waals surface area (Å²) in [5.41, 5.74) is 4.89. The van der Waals surface area contributed by atoms with Crippen LogP contribution in [-0.2, 0) is 19.1 Å². The molecule has 4 aliphatic rings. The number of esters is 1. The Bertz CT molecular complexity index is 1400. The highest BCUT2D eigenvalue weighted by molar-refractivity contribution is 6.32. The van der Waals surface area contributed by atoms with Gasteiger partial charge in [0.15, 0.2) is 18.1 Å². The van der Waals surface area contributed by atoms with E-state index in [-0.39, 0.29) is 46.8 Å². The van der Waals surface area contributed by atoms with Crippen molar-refractivity contribution >= 4 is 35.6 Å². The van der Waals surface area contributed by atoms with Crippen molar-refractivity contribution in [1.82, 2.24) is 5.01 Å². The molecule has 3 aliphatic carbocycles. The number of rotatable bonds is 6. The predicted octanol–water partition coefficient (Wildman–Crippen LogP) is 4.13. The first-order valence-corrected chi connectivity index (χ1v) is 12.5. The van der Waals surface area contributed by atoms with Gasteiger partial charge in [0.1, 0.15) is 0 Å². The SMILES string of the molecule is COC(=O)COc1c(Cl)cc(/C=N/N2C(=O)C3C4c5ccccc5C(c5ccccc54)C3C2=O)cc1OC. The van der Waals surface area contributed by atoms with Gasteiger partial charge >= 0.3 is 5.97 Å². The number of carbonyl (C=O) groups is 3. The number of amides is 2. The van der Waals surface area contributed by atoms with E-state index in [0.29, 0.717) is 5.56 Å². The van der Waals surface area contributed by atoms with Gasteiger partial charge in [-0.1, -0.05) is 60.1 Å². The molecule has 0 N–H and O–H groups in total. The number of nitrogens with zero attached hydrogens (tertiary/aromatic N) is 2. The van der Waals surface area contributed by atoms with E-state index in [9.17, 15) is 14.4 Å². The topological polar surface area (TPSA) is 94.5 Å². The van der Waals surface area contributed by atoms with Crippen molar-refractivity contribution in [2.75, 3.05) is 20.8 Å². The van der Waals surface area contributed by atoms with Gasteiger partial charge in [-0.25, -0.2) is 4.79 Å². The molecule has 1 saturated heterocycles. The fraction of sp³-hybridized carbons (Fsp3) is 0.241. The first-order valence-electron chi connectivity index (χ1n) is 12.1. The van der Waals surface area contributed by atoms with E-state index in [1.807, 2.05) is 24.3 Å². The third-order valence-electron chi connectivity index (χ3n) is 7.56. The maximum atomic E-state index is 13.7. The first-order chi connectivity index (χ1) is 18.4. The van der Waals surface area contributed by atoms with Gasteiger partial charge in [0.05, 0.1) is 37.3 Å². The molecule has 8 nitrogen and oxygen atoms in total. The average molecular weight is 531 g/mol. The van der Waals surface area contributed by atoms with Crippen molar-refractivity contribution in [3.8, 4) is 11.5 Å². The molecule has 2 amide bonds. The van der Waals surface area contributed by atoms with Gasteiger partial charge in [0, 0.05) is 11.8 Å². The van der Waals surface area contributed by atoms with E-state index in [4.69, 9.17) is 21.1 Å². The van der Waals surface area contributed by atoms with Crippen LogP contribution in [-0.4, -0.2) is 49.8 Å². The summed E-state index contributed by atoms with van der Waals surface area (Å²) in [6.45, 7) is -0.341. The van der Waals surface area contributed by atoms with Crippen molar-refractivity contribution in [3.63, 3.8) is 0 Å². The third kappa shape index (κ3) is 3.59. The lowest BCUT2D eigenvalue weighted by Crippen LogP contribution is -2.41. The van der Waals surface area contributed by atoms with Gasteiger partial charge in [-0.2, -0.15) is 10.1 Å². The van der Waals surface area contributed by atoms with Crippen LogP contribution < -0.4 is 9.47 Å². The summed E-state index contributed by atoms with van der Waals surface area (Å²) in [6, 6.07) is 19.3. The van der Waals surface area contributed by atoms with E-state index in [0.717, 1.165) is 27.3 Å². The fourth-order valence-electron chi connectivity index (χ4n) is 6.04. The second-order valence-electron chi connectivity index (χ2n) is 9.40. The van der Waals surface area contributed by atoms with Crippen molar-refractivity contribution in [2.45, 2.75) is 11.8 Å². The number of hydrogen-bond acceptors (Lipinski definition) is 7. The highest BCUT2D eigenvalue weighted by Crippen LogP contribution is 2.61. The number of ether oxygens (including phenoxy) is 3. The van der Waals surface area contributed by atoms with Crippen LogP contribution in [0.5, 0.6) is 11.5 Å². The molecule has 1 fully saturated rings. The third-order valence-corrected chi connectivity index (χ3v) is 7.84. The molecule has 2 atom stereocenters. The standard InChI is InChI=1S/C29H23ClN2O6/c1-36-21-12-15(11-20(30)27(21)38-14-22(33)37-2)13-31-32-28(34)25-23-16-7-3-4-8-17(16)24(26(25)29(32)35)19-10-6-5-9-18(19)23/h3-13,23-26H,14H2,1-2H3/b31-13+. The lowest BCUT2D eigenvalue weighted by Gasteiger charge is -2.45. The summed E-state index contributed by atoms with van der Waals surface area (Å²) in [6.07, 6.45) is 1.40. The largest absolute Gasteiger partial charge is 0.493 e. The second-order valence-corrected chi connectivity index (χ2v) is 9.80. The van der Waals surface area contributed by atoms with Crippen LogP contribution in [0.15, 0.2) is 65.8 Å². The Morgan fingerprint density at radius 2 is 1.45 bits per heavy atom. The average Bonchev–Trinajstić information content (AvgIpc) is 3.20. The summed E-state index contributed by atoms with van der Waals surface area (Å²) in [7, 11) is 2.69. The van der Waals surface area contributed by atoms with E-state index in [1.54, 1.807) is 12.1 Å². The fourth-order valence-corrected chi connectivity index (χ4v) is 6.32. The van der Waals surface area contributed by atoms with Gasteiger partial charge in [-0.3, -0.25) is 9.59 Å². The summed E-state index contributed by atoms with van der Waals surface area (Å²) in [4.78, 5) is 38.8. The zero-order valence-electron chi connectivity index (χ0n) is 20.6. The molecular formula is C29H23ClN2O6. The Kier molecular flexibility index (Phi) is 5.91. The molecule has 9 heteroatoms. The molecule has 3 aromatic carbocycles. The summed E-state index contributed by atoms with van der Waals surface area (Å²) < 4.78 is 15.4. The molecule has 1 aliphatic heterocycles. The van der Waals surface area contributed by atoms with Crippen molar-refractivity contribution in [2.24, 2.45) is 16.9 Å². The Hall–Kier alpha value is -4.17. The Morgan fingerprint density at radius 3 is 1.92 bits per heavy atom. The van der Waals surface area contributed by atoms with Crippen LogP contribution in [0.2, 0.25) is 5.02 Å². The first kappa shape index (κ1) is 24.2. The Balaban J connectivity index is 1.32. The van der Waals surface area contributed by atoms with Gasteiger partial charge < -0.3 is 14.2 Å². The molecule has 192 valence electrons. The molecule has 0 aromatic heterocycles. The highest BCUT2D eigenvalue weighted by Gasteiger charge is 2.61. The minimum absolute atomic E-state index is 0.170. The van der Waals surface area contributed by atoms with Crippen LogP contribution in [0.25, 0.3) is 0 Å². The number of hydrogen-bond donors (Lipinski definition) is 0. The van der Waals surface area contributed by atoms with Crippen LogP contribution in [0.1, 0.15) is 39.7 Å². The number of hydrazone groups is 1. The number of halogens is 1. The quantitative estimate of drug-likeness (QED) is 0.270. The van der Waals surface area contributed by atoms with Gasteiger partial charge in [0.25, 0.3) is 11.8 Å². The molecule has 1 heterocycles. The molecule has 0 saturated carbocycles. The zero-order chi connectivity index (χ0) is 26.6. The summed E-state index contributed by atoms with van der Waals surface area (Å²) in [5, 5.41) is 5.48. The van der Waals surface area contributed by atoms with Crippen molar-refractivity contribution in [3.05, 3.63) is 93.5 Å². The Labute approximate surface area is 223 Å². The molecule has 7 rings (SSSR count). The predicted molar refractivity (Wildman–Crippen MR) is 139 cm³/mol. The summed E-state index contributed by atoms with van der Waals surface area (Å²) >= 11 is 6.38. The van der Waals surface area contributed by atoms with Crippen LogP contribution >= 0.6 is 11.6 Å². The van der Waals surface area contributed by atoms with Gasteiger partial charge in [-0.15, -0.1) is 0 Å². The van der Waals surface area contributed by atoms with Crippen LogP contribution in [0.3, 0.4) is 0 Å². The molecule has 0 radical (unpaired) electrons. The van der Waals surface area contributed by atoms with Crippen LogP contribution in [0.4, 0.5) is 0 Å². The lowest BCUT2D eigenvalue weighted by atomic mass is 9.55. The molecule has 38 heavy (non-hydrogen) atoms. The number of imide groups is 1. The number of benzene rings is 3. The lowest BCUT2D eigenvalue weighted by molar-refractivity contribution is -0.143. The maximum Gasteiger partial charge on any atom is 0.343 e. The molecule has 2 unspecified atom stereocenters. The second kappa shape index (κ2) is 9.29. The number of carbonyl (C=O) groups excluding carboxylic acids is 3. The minimum Gasteiger partial charge on any atom is -0.493 e. The van der Waals surface area contributed by atoms with E-state index in [2.05, 4.69) is 34.1 Å². The summed E-state index contributed by atoms with van der Waals surface area (Å²) in [5.74, 6) is -2.19. The maximum absolute atomic E-state index is 13.7. The molecule has 0 spiro atoms. The van der Waals surface area contributed by atoms with E-state index in [1.165, 1.54) is 20.4 Å². The number of methoxy groups -OCH3 is 2. The van der Waals surface area contributed by atoms with E-state index < -0.39 is 17.8 Å². The molecule has 2 bridgehead atoms. The smallest absolute Gasteiger partial charge is 0.343 e. The van der Waals surface area contributed by atoms with Crippen molar-refractivity contribution in [1.29, 1.82) is 0 Å². The van der Waals surface area contributed by atoms with Gasteiger partial charge in [0.2, 0.25) is 0 Å². The molecule has 3 aromatic rings. The highest BCUT2D eigenvalue weighted by atomic mass is 35.5. The van der Waals surface area contributed by atoms with Crippen molar-refractivity contribution < 1.29 is 28.6 Å².